The van der Waals surface area contributed by atoms with Crippen LogP contribution in [-0.4, -0.2) is 18.1 Å². The number of ether oxygens (including phenoxy) is 1. The number of fused-ring (bicyclic) bond motifs is 1. The van der Waals surface area contributed by atoms with Gasteiger partial charge in [0.1, 0.15) is 5.75 Å². The van der Waals surface area contributed by atoms with Gasteiger partial charge in [0.2, 0.25) is 0 Å². The number of carbonyl (C=O) groups is 1. The van der Waals surface area contributed by atoms with Gasteiger partial charge in [-0.3, -0.25) is 4.79 Å². The molecule has 0 saturated carbocycles. The van der Waals surface area contributed by atoms with Crippen molar-refractivity contribution in [1.82, 2.24) is 0 Å². The van der Waals surface area contributed by atoms with Crippen molar-refractivity contribution in [1.29, 1.82) is 0 Å². The average molecular weight is 309 g/mol. The molecule has 1 amide bonds. The Morgan fingerprint density at radius 3 is 2.65 bits per heavy atom. The number of nitrogens with zero attached hydrogens (tertiary/aromatic N) is 1. The third-order valence-electron chi connectivity index (χ3n) is 4.16. The molecule has 1 aliphatic heterocycles. The Hall–Kier alpha value is -2.59. The van der Waals surface area contributed by atoms with E-state index in [1.807, 2.05) is 36.4 Å². The average Bonchev–Trinajstić information content (AvgIpc) is 2.78. The maximum absolute atomic E-state index is 12.9. The molecule has 2 aromatic carbocycles. The lowest BCUT2D eigenvalue weighted by Gasteiger charge is -2.22. The van der Waals surface area contributed by atoms with Crippen molar-refractivity contribution < 1.29 is 14.6 Å². The summed E-state index contributed by atoms with van der Waals surface area (Å²) in [6.45, 7) is 4.08. The molecular formula is C19H19NO3. The summed E-state index contributed by atoms with van der Waals surface area (Å²) >= 11 is 0. The Labute approximate surface area is 135 Å². The molecule has 0 aromatic heterocycles. The van der Waals surface area contributed by atoms with Crippen LogP contribution in [0.2, 0.25) is 0 Å². The molecule has 4 nitrogen and oxygen atoms in total. The molecule has 1 unspecified atom stereocenters. The van der Waals surface area contributed by atoms with E-state index in [0.717, 1.165) is 5.56 Å². The molecule has 2 aromatic rings. The Kier molecular flexibility index (Phi) is 3.92. The summed E-state index contributed by atoms with van der Waals surface area (Å²) in [5, 5.41) is 11.0. The fourth-order valence-electron chi connectivity index (χ4n) is 2.99. The van der Waals surface area contributed by atoms with Gasteiger partial charge in [-0.15, -0.1) is 6.58 Å². The van der Waals surface area contributed by atoms with Gasteiger partial charge in [-0.25, -0.2) is 0 Å². The van der Waals surface area contributed by atoms with Gasteiger partial charge in [-0.05, 0) is 23.8 Å². The molecule has 1 heterocycles. The topological polar surface area (TPSA) is 49.8 Å². The molecule has 0 spiro atoms. The monoisotopic (exact) mass is 309 g/mol. The number of aliphatic hydroxyl groups is 1. The van der Waals surface area contributed by atoms with Gasteiger partial charge < -0.3 is 14.7 Å². The molecule has 1 N–H and O–H groups in total. The molecule has 0 fully saturated rings. The zero-order valence-electron chi connectivity index (χ0n) is 13.0. The lowest BCUT2D eigenvalue weighted by atomic mass is 9.92. The van der Waals surface area contributed by atoms with Crippen molar-refractivity contribution in [2.45, 2.75) is 18.6 Å². The Balaban J connectivity index is 2.06. The number of carbonyl (C=O) groups excluding carboxylic acids is 1. The highest BCUT2D eigenvalue weighted by molar-refractivity contribution is 6.07. The SMILES string of the molecule is C=CCC1(O)C(=O)N(Cc2ccccc2)c2ccc(OC)cc21. The van der Waals surface area contributed by atoms with E-state index in [4.69, 9.17) is 4.74 Å². The van der Waals surface area contributed by atoms with E-state index in [-0.39, 0.29) is 12.3 Å². The molecule has 0 radical (unpaired) electrons. The van der Waals surface area contributed by atoms with Gasteiger partial charge in [0.15, 0.2) is 5.60 Å². The van der Waals surface area contributed by atoms with Crippen molar-refractivity contribution in [3.63, 3.8) is 0 Å². The van der Waals surface area contributed by atoms with E-state index in [9.17, 15) is 9.90 Å². The Bertz CT molecular complexity index is 742. The normalized spacial score (nSPS) is 19.6. The highest BCUT2D eigenvalue weighted by atomic mass is 16.5. The van der Waals surface area contributed by atoms with Crippen molar-refractivity contribution in [2.24, 2.45) is 0 Å². The molecule has 0 bridgehead atoms. The summed E-state index contributed by atoms with van der Waals surface area (Å²) in [6, 6.07) is 15.0. The lowest BCUT2D eigenvalue weighted by molar-refractivity contribution is -0.135. The minimum atomic E-state index is -1.58. The molecule has 3 rings (SSSR count). The molecule has 0 aliphatic carbocycles. The molecule has 23 heavy (non-hydrogen) atoms. The quantitative estimate of drug-likeness (QED) is 0.864. The molecule has 0 saturated heterocycles. The second-order valence-electron chi connectivity index (χ2n) is 5.61. The second-order valence-corrected chi connectivity index (χ2v) is 5.61. The van der Waals surface area contributed by atoms with E-state index in [1.54, 1.807) is 30.2 Å². The minimum absolute atomic E-state index is 0.164. The largest absolute Gasteiger partial charge is 0.497 e. The summed E-state index contributed by atoms with van der Waals surface area (Å²) in [6.07, 6.45) is 1.73. The second kappa shape index (κ2) is 5.89. The maximum Gasteiger partial charge on any atom is 0.264 e. The first kappa shape index (κ1) is 15.3. The first-order valence-electron chi connectivity index (χ1n) is 7.48. The lowest BCUT2D eigenvalue weighted by Crippen LogP contribution is -2.39. The predicted molar refractivity (Wildman–Crippen MR) is 89.3 cm³/mol. The van der Waals surface area contributed by atoms with Crippen LogP contribution >= 0.6 is 0 Å². The fraction of sp³-hybridized carbons (Fsp3) is 0.211. The van der Waals surface area contributed by atoms with Crippen LogP contribution in [0.4, 0.5) is 5.69 Å². The number of amides is 1. The van der Waals surface area contributed by atoms with Crippen LogP contribution in [0.3, 0.4) is 0 Å². The molecular weight excluding hydrogens is 290 g/mol. The van der Waals surface area contributed by atoms with Crippen LogP contribution in [0.1, 0.15) is 17.5 Å². The summed E-state index contributed by atoms with van der Waals surface area (Å²) in [5.74, 6) is 0.283. The highest BCUT2D eigenvalue weighted by Crippen LogP contribution is 2.44. The maximum atomic E-state index is 12.9. The third kappa shape index (κ3) is 2.51. The smallest absolute Gasteiger partial charge is 0.264 e. The summed E-state index contributed by atoms with van der Waals surface area (Å²) in [5.41, 5.74) is 0.701. The van der Waals surface area contributed by atoms with E-state index >= 15 is 0 Å². The minimum Gasteiger partial charge on any atom is -0.497 e. The first-order valence-corrected chi connectivity index (χ1v) is 7.48. The summed E-state index contributed by atoms with van der Waals surface area (Å²) < 4.78 is 5.23. The predicted octanol–water partition coefficient (Wildman–Crippen LogP) is 3.01. The Morgan fingerprint density at radius 1 is 1.26 bits per heavy atom. The summed E-state index contributed by atoms with van der Waals surface area (Å²) in [7, 11) is 1.56. The van der Waals surface area contributed by atoms with E-state index in [2.05, 4.69) is 6.58 Å². The van der Waals surface area contributed by atoms with Gasteiger partial charge in [-0.2, -0.15) is 0 Å². The third-order valence-corrected chi connectivity index (χ3v) is 4.16. The summed E-state index contributed by atoms with van der Waals surface area (Å²) in [4.78, 5) is 14.5. The fourth-order valence-corrected chi connectivity index (χ4v) is 2.99. The highest BCUT2D eigenvalue weighted by Gasteiger charge is 2.49. The van der Waals surface area contributed by atoms with Crippen molar-refractivity contribution in [3.05, 3.63) is 72.3 Å². The van der Waals surface area contributed by atoms with Gasteiger partial charge in [0, 0.05) is 12.0 Å². The molecule has 1 atom stereocenters. The van der Waals surface area contributed by atoms with E-state index in [0.29, 0.717) is 23.5 Å². The molecule has 118 valence electrons. The van der Waals surface area contributed by atoms with Crippen molar-refractivity contribution in [2.75, 3.05) is 12.0 Å². The van der Waals surface area contributed by atoms with Gasteiger partial charge in [0.25, 0.3) is 5.91 Å². The number of rotatable bonds is 5. The number of hydrogen-bond acceptors (Lipinski definition) is 3. The van der Waals surface area contributed by atoms with Gasteiger partial charge in [0.05, 0.1) is 19.3 Å². The van der Waals surface area contributed by atoms with Crippen LogP contribution in [0, 0.1) is 0 Å². The van der Waals surface area contributed by atoms with Crippen LogP contribution in [0.5, 0.6) is 5.75 Å². The van der Waals surface area contributed by atoms with Crippen LogP contribution in [-0.2, 0) is 16.9 Å². The van der Waals surface area contributed by atoms with Gasteiger partial charge >= 0.3 is 0 Å². The standard InChI is InChI=1S/C19H19NO3/c1-3-11-19(22)16-12-15(23-2)9-10-17(16)20(18(19)21)13-14-7-5-4-6-8-14/h3-10,12,22H,1,11,13H2,2H3. The zero-order valence-corrected chi connectivity index (χ0v) is 13.0. The van der Waals surface area contributed by atoms with Gasteiger partial charge in [-0.1, -0.05) is 36.4 Å². The van der Waals surface area contributed by atoms with E-state index < -0.39 is 5.60 Å². The van der Waals surface area contributed by atoms with Crippen LogP contribution < -0.4 is 9.64 Å². The number of benzene rings is 2. The van der Waals surface area contributed by atoms with Crippen LogP contribution in [0.25, 0.3) is 0 Å². The van der Waals surface area contributed by atoms with E-state index in [1.165, 1.54) is 0 Å². The Morgan fingerprint density at radius 2 is 2.00 bits per heavy atom. The number of methoxy groups -OCH3 is 1. The number of hydrogen-bond donors (Lipinski definition) is 1. The molecule has 4 heteroatoms. The first-order chi connectivity index (χ1) is 11.1. The van der Waals surface area contributed by atoms with Crippen LogP contribution in [0.15, 0.2) is 61.2 Å². The zero-order chi connectivity index (χ0) is 16.4. The number of anilines is 1. The molecule has 1 aliphatic rings. The van der Waals surface area contributed by atoms with Crippen molar-refractivity contribution >= 4 is 11.6 Å². The van der Waals surface area contributed by atoms with Crippen molar-refractivity contribution in [3.8, 4) is 5.75 Å².